The molecule has 0 aliphatic heterocycles. The highest BCUT2D eigenvalue weighted by molar-refractivity contribution is 6.05. The lowest BCUT2D eigenvalue weighted by atomic mass is 9.85. The predicted octanol–water partition coefficient (Wildman–Crippen LogP) is 5.75. The molecule has 0 aliphatic rings. The molecule has 0 saturated heterocycles. The number of hydrogen-bond acceptors (Lipinski definition) is 7. The molecule has 8 nitrogen and oxygen atoms in total. The van der Waals surface area contributed by atoms with Crippen LogP contribution in [0.4, 0.5) is 17.2 Å². The van der Waals surface area contributed by atoms with E-state index in [4.69, 9.17) is 9.47 Å². The van der Waals surface area contributed by atoms with Gasteiger partial charge in [-0.3, -0.25) is 4.79 Å². The van der Waals surface area contributed by atoms with Crippen molar-refractivity contribution < 1.29 is 14.3 Å². The molecular weight excluding hydrogens is 454 g/mol. The van der Waals surface area contributed by atoms with Crippen molar-refractivity contribution in [2.75, 3.05) is 24.9 Å². The number of aromatic nitrogens is 2. The Kier molecular flexibility index (Phi) is 6.75. The number of aryl methyl sites for hydroxylation is 1. The van der Waals surface area contributed by atoms with Crippen molar-refractivity contribution in [3.63, 3.8) is 0 Å². The van der Waals surface area contributed by atoms with Crippen LogP contribution in [-0.4, -0.2) is 30.1 Å². The van der Waals surface area contributed by atoms with Gasteiger partial charge in [-0.15, -0.1) is 0 Å². The van der Waals surface area contributed by atoms with Gasteiger partial charge >= 0.3 is 0 Å². The molecule has 0 fully saturated rings. The number of carbonyl (C=O) groups excluding carboxylic acids is 1. The van der Waals surface area contributed by atoms with Crippen LogP contribution in [-0.2, 0) is 5.41 Å². The van der Waals surface area contributed by atoms with Gasteiger partial charge in [-0.1, -0.05) is 18.2 Å². The van der Waals surface area contributed by atoms with Gasteiger partial charge in [0.2, 0.25) is 0 Å². The highest BCUT2D eigenvalue weighted by Gasteiger charge is 2.21. The summed E-state index contributed by atoms with van der Waals surface area (Å²) in [7, 11) is 3.17. The van der Waals surface area contributed by atoms with Crippen molar-refractivity contribution in [1.29, 1.82) is 5.26 Å². The van der Waals surface area contributed by atoms with Gasteiger partial charge in [0.1, 0.15) is 23.6 Å². The molecule has 182 valence electrons. The Hall–Kier alpha value is -4.64. The fourth-order valence-electron chi connectivity index (χ4n) is 3.78. The second kappa shape index (κ2) is 9.92. The third kappa shape index (κ3) is 4.91. The van der Waals surface area contributed by atoms with E-state index in [1.165, 1.54) is 6.33 Å². The van der Waals surface area contributed by atoms with E-state index in [0.29, 0.717) is 39.5 Å². The van der Waals surface area contributed by atoms with E-state index in [9.17, 15) is 10.1 Å². The number of ether oxygens (including phenoxy) is 2. The highest BCUT2D eigenvalue weighted by Crippen LogP contribution is 2.36. The molecular formula is C28H27N5O3. The summed E-state index contributed by atoms with van der Waals surface area (Å²) in [4.78, 5) is 21.8. The molecule has 0 unspecified atom stereocenters. The van der Waals surface area contributed by atoms with E-state index < -0.39 is 5.41 Å². The first kappa shape index (κ1) is 24.5. The van der Waals surface area contributed by atoms with E-state index >= 15 is 0 Å². The predicted molar refractivity (Wildman–Crippen MR) is 140 cm³/mol. The van der Waals surface area contributed by atoms with Crippen LogP contribution >= 0.6 is 0 Å². The summed E-state index contributed by atoms with van der Waals surface area (Å²) in [6.45, 7) is 5.61. The molecule has 1 heterocycles. The normalized spacial score (nSPS) is 11.0. The van der Waals surface area contributed by atoms with E-state index in [0.717, 1.165) is 16.8 Å². The van der Waals surface area contributed by atoms with E-state index in [1.807, 2.05) is 51.1 Å². The third-order valence-electron chi connectivity index (χ3n) is 6.01. The maximum Gasteiger partial charge on any atom is 0.255 e. The van der Waals surface area contributed by atoms with Gasteiger partial charge < -0.3 is 20.1 Å². The Morgan fingerprint density at radius 3 is 2.56 bits per heavy atom. The van der Waals surface area contributed by atoms with Crippen molar-refractivity contribution in [1.82, 2.24) is 9.97 Å². The third-order valence-corrected chi connectivity index (χ3v) is 6.01. The SMILES string of the molecule is COc1cc(OC)c2c(Nc3cc(NC(=O)c4cccc(C(C)(C)C#N)c4)ccc3C)ncnc2c1. The first-order valence-electron chi connectivity index (χ1n) is 11.3. The molecule has 8 heteroatoms. The topological polar surface area (TPSA) is 109 Å². The number of hydrogen-bond donors (Lipinski definition) is 2. The molecule has 2 N–H and O–H groups in total. The van der Waals surface area contributed by atoms with Gasteiger partial charge in [-0.2, -0.15) is 5.26 Å². The summed E-state index contributed by atoms with van der Waals surface area (Å²) < 4.78 is 10.9. The van der Waals surface area contributed by atoms with Crippen LogP contribution in [0.25, 0.3) is 10.9 Å². The van der Waals surface area contributed by atoms with E-state index in [1.54, 1.807) is 38.5 Å². The highest BCUT2D eigenvalue weighted by atomic mass is 16.5. The zero-order valence-corrected chi connectivity index (χ0v) is 20.8. The van der Waals surface area contributed by atoms with Crippen molar-refractivity contribution in [3.8, 4) is 17.6 Å². The molecule has 1 amide bonds. The molecule has 0 spiro atoms. The summed E-state index contributed by atoms with van der Waals surface area (Å²) >= 11 is 0. The molecule has 0 aliphatic carbocycles. The molecule has 0 saturated carbocycles. The quantitative estimate of drug-likeness (QED) is 0.346. The maximum absolute atomic E-state index is 13.0. The fourth-order valence-corrected chi connectivity index (χ4v) is 3.78. The van der Waals surface area contributed by atoms with Gasteiger partial charge in [-0.25, -0.2) is 9.97 Å². The summed E-state index contributed by atoms with van der Waals surface area (Å²) in [6.07, 6.45) is 1.47. The minimum Gasteiger partial charge on any atom is -0.497 e. The fraction of sp³-hybridized carbons (Fsp3) is 0.214. The summed E-state index contributed by atoms with van der Waals surface area (Å²) in [5.74, 6) is 1.51. The molecule has 0 radical (unpaired) electrons. The van der Waals surface area contributed by atoms with Crippen molar-refractivity contribution in [2.24, 2.45) is 0 Å². The largest absolute Gasteiger partial charge is 0.497 e. The lowest BCUT2D eigenvalue weighted by Crippen LogP contribution is -2.17. The van der Waals surface area contributed by atoms with Crippen molar-refractivity contribution in [3.05, 3.63) is 77.6 Å². The Bertz CT molecular complexity index is 1490. The summed E-state index contributed by atoms with van der Waals surface area (Å²) in [5, 5.41) is 16.5. The zero-order chi connectivity index (χ0) is 25.9. The van der Waals surface area contributed by atoms with Crippen molar-refractivity contribution >= 4 is 34.0 Å². The number of nitriles is 1. The van der Waals surface area contributed by atoms with E-state index in [2.05, 4.69) is 26.7 Å². The minimum atomic E-state index is -0.692. The van der Waals surface area contributed by atoms with Crippen molar-refractivity contribution in [2.45, 2.75) is 26.2 Å². The van der Waals surface area contributed by atoms with Crippen LogP contribution in [0, 0.1) is 18.3 Å². The maximum atomic E-state index is 13.0. The summed E-state index contributed by atoms with van der Waals surface area (Å²) in [6, 6.07) is 18.6. The van der Waals surface area contributed by atoms with Crippen LogP contribution in [0.1, 0.15) is 35.3 Å². The van der Waals surface area contributed by atoms with Gasteiger partial charge in [0, 0.05) is 29.1 Å². The lowest BCUT2D eigenvalue weighted by Gasteiger charge is -2.17. The van der Waals surface area contributed by atoms with Crippen LogP contribution in [0.2, 0.25) is 0 Å². The average Bonchev–Trinajstić information content (AvgIpc) is 2.89. The number of nitrogens with one attached hydrogen (secondary N) is 2. The van der Waals surface area contributed by atoms with Gasteiger partial charge in [-0.05, 0) is 56.2 Å². The lowest BCUT2D eigenvalue weighted by molar-refractivity contribution is 0.102. The van der Waals surface area contributed by atoms with Gasteiger partial charge in [0.25, 0.3) is 5.91 Å². The standard InChI is InChI=1S/C28H27N5O3/c1-17-9-10-20(32-27(34)18-7-6-8-19(11-18)28(2,3)15-29)12-22(17)33-26-25-23(30-16-31-26)13-21(35-4)14-24(25)36-5/h6-14,16H,1-5H3,(H,32,34)(H,30,31,33). The first-order valence-corrected chi connectivity index (χ1v) is 11.3. The smallest absolute Gasteiger partial charge is 0.255 e. The molecule has 36 heavy (non-hydrogen) atoms. The molecule has 3 aromatic carbocycles. The number of carbonyl (C=O) groups is 1. The molecule has 0 bridgehead atoms. The number of methoxy groups -OCH3 is 2. The van der Waals surface area contributed by atoms with Gasteiger partial charge in [0.15, 0.2) is 0 Å². The number of benzene rings is 3. The Morgan fingerprint density at radius 1 is 1.03 bits per heavy atom. The van der Waals surface area contributed by atoms with Crippen LogP contribution < -0.4 is 20.1 Å². The second-order valence-corrected chi connectivity index (χ2v) is 8.87. The molecule has 4 rings (SSSR count). The monoisotopic (exact) mass is 481 g/mol. The Labute approximate surface area is 209 Å². The molecule has 1 aromatic heterocycles. The number of nitrogens with zero attached hydrogens (tertiary/aromatic N) is 3. The second-order valence-electron chi connectivity index (χ2n) is 8.87. The number of rotatable bonds is 7. The zero-order valence-electron chi connectivity index (χ0n) is 20.8. The average molecular weight is 482 g/mol. The Balaban J connectivity index is 1.64. The first-order chi connectivity index (χ1) is 17.2. The van der Waals surface area contributed by atoms with Crippen LogP contribution in [0.5, 0.6) is 11.5 Å². The molecule has 0 atom stereocenters. The Morgan fingerprint density at radius 2 is 1.83 bits per heavy atom. The minimum absolute atomic E-state index is 0.262. The van der Waals surface area contributed by atoms with E-state index in [-0.39, 0.29) is 5.91 Å². The molecule has 4 aromatic rings. The summed E-state index contributed by atoms with van der Waals surface area (Å²) in [5.41, 5.74) is 3.59. The van der Waals surface area contributed by atoms with Gasteiger partial charge in [0.05, 0.1) is 36.6 Å². The number of amides is 1. The van der Waals surface area contributed by atoms with Crippen LogP contribution in [0.15, 0.2) is 60.9 Å². The van der Waals surface area contributed by atoms with Crippen LogP contribution in [0.3, 0.4) is 0 Å². The number of anilines is 3. The number of fused-ring (bicyclic) bond motifs is 1.